The molecule has 0 aromatic carbocycles. The number of carbonyl (C=O) groups is 2. The molecule has 140 valence electrons. The van der Waals surface area contributed by atoms with Crippen molar-refractivity contribution in [3.63, 3.8) is 0 Å². The molecule has 24 heavy (non-hydrogen) atoms. The Labute approximate surface area is 147 Å². The Bertz CT molecular complexity index is 416. The minimum atomic E-state index is -0.568. The van der Waals surface area contributed by atoms with Gasteiger partial charge in [0.2, 0.25) is 0 Å². The summed E-state index contributed by atoms with van der Waals surface area (Å²) in [6, 6.07) is -0.396. The fourth-order valence-electron chi connectivity index (χ4n) is 1.76. The van der Waals surface area contributed by atoms with Crippen molar-refractivity contribution in [3.05, 3.63) is 12.2 Å². The van der Waals surface area contributed by atoms with Gasteiger partial charge in [-0.15, -0.1) is 0 Å². The number of carbonyl (C=O) groups excluding carboxylic acids is 2. The van der Waals surface area contributed by atoms with Gasteiger partial charge in [-0.1, -0.05) is 31.9 Å². The van der Waals surface area contributed by atoms with E-state index in [1.54, 1.807) is 20.8 Å². The van der Waals surface area contributed by atoms with Crippen molar-refractivity contribution < 1.29 is 19.1 Å². The molecule has 1 amide bonds. The summed E-state index contributed by atoms with van der Waals surface area (Å²) >= 11 is 0. The highest BCUT2D eigenvalue weighted by molar-refractivity contribution is 5.75. The molecular formula is C19H35NO4. The summed E-state index contributed by atoms with van der Waals surface area (Å²) in [4.78, 5) is 23.8. The lowest BCUT2D eigenvalue weighted by Crippen LogP contribution is -2.41. The van der Waals surface area contributed by atoms with Crippen LogP contribution in [0.25, 0.3) is 0 Å². The molecule has 0 unspecified atom stereocenters. The predicted molar refractivity (Wildman–Crippen MR) is 96.9 cm³/mol. The molecule has 0 aromatic rings. The van der Waals surface area contributed by atoms with Gasteiger partial charge in [-0.05, 0) is 54.4 Å². The highest BCUT2D eigenvalue weighted by atomic mass is 16.6. The van der Waals surface area contributed by atoms with Crippen LogP contribution in [0.3, 0.4) is 0 Å². The first kappa shape index (κ1) is 22.5. The van der Waals surface area contributed by atoms with Crippen molar-refractivity contribution in [2.45, 2.75) is 85.8 Å². The largest absolute Gasteiger partial charge is 0.463 e. The molecule has 5 heteroatoms. The van der Waals surface area contributed by atoms with Crippen LogP contribution in [0, 0.1) is 5.41 Å². The number of esters is 1. The first-order valence-corrected chi connectivity index (χ1v) is 8.79. The molecule has 0 spiro atoms. The Morgan fingerprint density at radius 1 is 1.08 bits per heavy atom. The van der Waals surface area contributed by atoms with E-state index >= 15 is 0 Å². The highest BCUT2D eigenvalue weighted by Crippen LogP contribution is 2.15. The van der Waals surface area contributed by atoms with E-state index in [0.717, 1.165) is 19.3 Å². The van der Waals surface area contributed by atoms with E-state index in [1.165, 1.54) is 6.42 Å². The van der Waals surface area contributed by atoms with Crippen molar-refractivity contribution in [1.82, 2.24) is 5.32 Å². The third kappa shape index (κ3) is 12.0. The molecule has 0 heterocycles. The van der Waals surface area contributed by atoms with Gasteiger partial charge < -0.3 is 14.8 Å². The van der Waals surface area contributed by atoms with Crippen LogP contribution >= 0.6 is 0 Å². The van der Waals surface area contributed by atoms with Gasteiger partial charge in [0.15, 0.2) is 0 Å². The molecule has 0 fully saturated rings. The smallest absolute Gasteiger partial charge is 0.408 e. The molecule has 0 rings (SSSR count). The summed E-state index contributed by atoms with van der Waals surface area (Å²) in [5, 5.41) is 2.75. The van der Waals surface area contributed by atoms with Crippen LogP contribution in [-0.4, -0.2) is 30.3 Å². The lowest BCUT2D eigenvalue weighted by atomic mass is 9.97. The molecule has 5 nitrogen and oxygen atoms in total. The Balaban J connectivity index is 4.64. The van der Waals surface area contributed by atoms with E-state index in [0.29, 0.717) is 0 Å². The van der Waals surface area contributed by atoms with E-state index < -0.39 is 23.2 Å². The fraction of sp³-hybridized carbons (Fsp3) is 0.789. The number of allylic oxidation sites excluding steroid dienone is 1. The summed E-state index contributed by atoms with van der Waals surface area (Å²) < 4.78 is 10.6. The minimum absolute atomic E-state index is 0.0968. The monoisotopic (exact) mass is 341 g/mol. The van der Waals surface area contributed by atoms with Gasteiger partial charge >= 0.3 is 12.1 Å². The summed E-state index contributed by atoms with van der Waals surface area (Å²) in [7, 11) is 0. The fourth-order valence-corrected chi connectivity index (χ4v) is 1.76. The lowest BCUT2D eigenvalue weighted by Gasteiger charge is -2.23. The molecule has 0 bridgehead atoms. The maximum Gasteiger partial charge on any atom is 0.408 e. The first-order valence-electron chi connectivity index (χ1n) is 8.79. The minimum Gasteiger partial charge on any atom is -0.463 e. The maximum atomic E-state index is 11.9. The van der Waals surface area contributed by atoms with E-state index in [9.17, 15) is 9.59 Å². The zero-order chi connectivity index (χ0) is 18.8. The molecule has 0 radical (unpaired) electrons. The van der Waals surface area contributed by atoms with E-state index in [-0.39, 0.29) is 12.6 Å². The summed E-state index contributed by atoms with van der Waals surface area (Å²) in [5.41, 5.74) is -1.14. The molecule has 0 saturated heterocycles. The van der Waals surface area contributed by atoms with Crippen molar-refractivity contribution in [2.24, 2.45) is 5.41 Å². The van der Waals surface area contributed by atoms with Crippen molar-refractivity contribution in [1.29, 1.82) is 0 Å². The number of amides is 1. The lowest BCUT2D eigenvalue weighted by molar-refractivity contribution is -0.153. The third-order valence-electron chi connectivity index (χ3n) is 3.05. The Morgan fingerprint density at radius 2 is 1.71 bits per heavy atom. The SMILES string of the molecule is CCCCC/C=C\[C@@H](COC(=O)C(C)(C)C)NC(=O)OC(C)(C)C. The van der Waals surface area contributed by atoms with E-state index in [4.69, 9.17) is 9.47 Å². The first-order chi connectivity index (χ1) is 11.0. The van der Waals surface area contributed by atoms with Crippen molar-refractivity contribution >= 4 is 12.1 Å². The van der Waals surface area contributed by atoms with E-state index in [1.807, 2.05) is 32.9 Å². The zero-order valence-electron chi connectivity index (χ0n) is 16.4. The topological polar surface area (TPSA) is 64.6 Å². The molecule has 0 saturated carbocycles. The Kier molecular flexibility index (Phi) is 9.71. The molecular weight excluding hydrogens is 306 g/mol. The standard InChI is InChI=1S/C19H35NO4/c1-8-9-10-11-12-13-15(14-23-16(21)18(2,3)4)20-17(22)24-19(5,6)7/h12-13,15H,8-11,14H2,1-7H3,(H,20,22)/b13-12-/t15-/m0/s1. The molecule has 1 atom stereocenters. The zero-order valence-corrected chi connectivity index (χ0v) is 16.4. The summed E-state index contributed by atoms with van der Waals surface area (Å²) in [5.74, 6) is -0.294. The summed E-state index contributed by atoms with van der Waals surface area (Å²) in [6.07, 6.45) is 7.75. The van der Waals surface area contributed by atoms with Crippen LogP contribution in [0.2, 0.25) is 0 Å². The quantitative estimate of drug-likeness (QED) is 0.398. The summed E-state index contributed by atoms with van der Waals surface area (Å²) in [6.45, 7) is 13.1. The third-order valence-corrected chi connectivity index (χ3v) is 3.05. The van der Waals surface area contributed by atoms with Gasteiger partial charge in [-0.3, -0.25) is 4.79 Å². The second-order valence-corrected chi connectivity index (χ2v) is 8.03. The molecule has 0 aliphatic rings. The molecule has 0 aromatic heterocycles. The number of nitrogens with one attached hydrogen (secondary N) is 1. The second-order valence-electron chi connectivity index (χ2n) is 8.03. The van der Waals surface area contributed by atoms with Gasteiger partial charge in [-0.2, -0.15) is 0 Å². The number of alkyl carbamates (subject to hydrolysis) is 1. The number of hydrogen-bond acceptors (Lipinski definition) is 4. The van der Waals surface area contributed by atoms with Gasteiger partial charge in [0.05, 0.1) is 11.5 Å². The number of hydrogen-bond donors (Lipinski definition) is 1. The van der Waals surface area contributed by atoms with Crippen LogP contribution in [0.1, 0.15) is 74.1 Å². The van der Waals surface area contributed by atoms with Gasteiger partial charge in [0, 0.05) is 0 Å². The van der Waals surface area contributed by atoms with Gasteiger partial charge in [0.25, 0.3) is 0 Å². The van der Waals surface area contributed by atoms with Gasteiger partial charge in [-0.25, -0.2) is 4.79 Å². The average molecular weight is 341 g/mol. The van der Waals surface area contributed by atoms with Crippen LogP contribution in [0.15, 0.2) is 12.2 Å². The molecule has 0 aliphatic heterocycles. The Hall–Kier alpha value is -1.52. The van der Waals surface area contributed by atoms with Crippen LogP contribution < -0.4 is 5.32 Å². The van der Waals surface area contributed by atoms with Crippen LogP contribution in [0.4, 0.5) is 4.79 Å². The predicted octanol–water partition coefficient (Wildman–Crippen LogP) is 4.61. The number of rotatable bonds is 8. The van der Waals surface area contributed by atoms with Gasteiger partial charge in [0.1, 0.15) is 12.2 Å². The van der Waals surface area contributed by atoms with Crippen LogP contribution in [0.5, 0.6) is 0 Å². The molecule has 0 aliphatic carbocycles. The number of ether oxygens (including phenoxy) is 2. The second kappa shape index (κ2) is 10.4. The highest BCUT2D eigenvalue weighted by Gasteiger charge is 2.25. The van der Waals surface area contributed by atoms with E-state index in [2.05, 4.69) is 12.2 Å². The van der Waals surface area contributed by atoms with Crippen molar-refractivity contribution in [2.75, 3.05) is 6.61 Å². The number of unbranched alkanes of at least 4 members (excludes halogenated alkanes) is 3. The average Bonchev–Trinajstić information content (AvgIpc) is 2.40. The Morgan fingerprint density at radius 3 is 2.21 bits per heavy atom. The van der Waals surface area contributed by atoms with Crippen LogP contribution in [-0.2, 0) is 14.3 Å². The normalized spacial score (nSPS) is 13.6. The van der Waals surface area contributed by atoms with Crippen molar-refractivity contribution in [3.8, 4) is 0 Å². The molecule has 1 N–H and O–H groups in total. The maximum absolute atomic E-state index is 11.9.